The number of carbonyl (C=O) groups is 1. The van der Waals surface area contributed by atoms with Crippen LogP contribution in [-0.4, -0.2) is 36.5 Å². The van der Waals surface area contributed by atoms with Gasteiger partial charge in [-0.1, -0.05) is 60.7 Å². The van der Waals surface area contributed by atoms with Crippen LogP contribution in [0.5, 0.6) is 0 Å². The molecule has 1 heterocycles. The van der Waals surface area contributed by atoms with Gasteiger partial charge >= 0.3 is 0 Å². The van der Waals surface area contributed by atoms with Crippen LogP contribution in [0.4, 0.5) is 5.69 Å². The highest BCUT2D eigenvalue weighted by atomic mass is 16.2. The summed E-state index contributed by atoms with van der Waals surface area (Å²) in [5, 5.41) is 0. The van der Waals surface area contributed by atoms with Crippen LogP contribution in [0.3, 0.4) is 0 Å². The maximum Gasteiger partial charge on any atom is 0.253 e. The van der Waals surface area contributed by atoms with Gasteiger partial charge < -0.3 is 9.80 Å². The normalized spacial score (nSPS) is 17.0. The highest BCUT2D eigenvalue weighted by molar-refractivity contribution is 5.95. The molecule has 0 radical (unpaired) electrons. The molecule has 0 aromatic heterocycles. The van der Waals surface area contributed by atoms with Gasteiger partial charge in [0.05, 0.1) is 0 Å². The van der Waals surface area contributed by atoms with Crippen LogP contribution in [0.15, 0.2) is 84.9 Å². The van der Waals surface area contributed by atoms with Crippen molar-refractivity contribution in [1.82, 2.24) is 4.90 Å². The number of nitrogens with zero attached hydrogens (tertiary/aromatic N) is 2. The Bertz CT molecular complexity index is 891. The van der Waals surface area contributed by atoms with Gasteiger partial charge in [-0.05, 0) is 42.3 Å². The molecule has 1 atom stereocenters. The van der Waals surface area contributed by atoms with E-state index in [2.05, 4.69) is 48.2 Å². The van der Waals surface area contributed by atoms with Crippen LogP contribution in [-0.2, 0) is 0 Å². The SMILES string of the molecule is CC1CN(C(=O)c2ccc(-c3ccccc3)cc2)CCN1c1ccccc1. The number of anilines is 1. The van der Waals surface area contributed by atoms with Crippen LogP contribution in [0.25, 0.3) is 11.1 Å². The third kappa shape index (κ3) is 3.72. The molecular weight excluding hydrogens is 332 g/mol. The minimum atomic E-state index is 0.120. The minimum Gasteiger partial charge on any atom is -0.365 e. The minimum absolute atomic E-state index is 0.120. The smallest absolute Gasteiger partial charge is 0.253 e. The summed E-state index contributed by atoms with van der Waals surface area (Å²) in [6.45, 7) is 4.54. The summed E-state index contributed by atoms with van der Waals surface area (Å²) in [7, 11) is 0. The molecule has 3 heteroatoms. The molecule has 1 saturated heterocycles. The molecule has 3 aromatic carbocycles. The van der Waals surface area contributed by atoms with E-state index in [1.54, 1.807) is 0 Å². The molecule has 1 aliphatic heterocycles. The predicted molar refractivity (Wildman–Crippen MR) is 111 cm³/mol. The molecule has 0 spiro atoms. The zero-order chi connectivity index (χ0) is 18.6. The van der Waals surface area contributed by atoms with Gasteiger partial charge in [-0.2, -0.15) is 0 Å². The first kappa shape index (κ1) is 17.3. The molecule has 3 aromatic rings. The van der Waals surface area contributed by atoms with E-state index in [4.69, 9.17) is 0 Å². The molecule has 0 N–H and O–H groups in total. The fourth-order valence-corrected chi connectivity index (χ4v) is 3.76. The van der Waals surface area contributed by atoms with Crippen LogP contribution in [0, 0.1) is 0 Å². The molecule has 136 valence electrons. The van der Waals surface area contributed by atoms with Gasteiger partial charge in [0.1, 0.15) is 0 Å². The molecular formula is C24H24N2O. The van der Waals surface area contributed by atoms with Gasteiger partial charge in [-0.3, -0.25) is 4.79 Å². The second-order valence-corrected chi connectivity index (χ2v) is 7.07. The van der Waals surface area contributed by atoms with Gasteiger partial charge in [0.2, 0.25) is 0 Å². The Balaban J connectivity index is 1.44. The number of rotatable bonds is 3. The number of hydrogen-bond acceptors (Lipinski definition) is 2. The largest absolute Gasteiger partial charge is 0.365 e. The second kappa shape index (κ2) is 7.67. The second-order valence-electron chi connectivity index (χ2n) is 7.07. The fourth-order valence-electron chi connectivity index (χ4n) is 3.76. The number of piperazine rings is 1. The zero-order valence-corrected chi connectivity index (χ0v) is 15.6. The van der Waals surface area contributed by atoms with E-state index < -0.39 is 0 Å². The lowest BCUT2D eigenvalue weighted by Crippen LogP contribution is -2.53. The van der Waals surface area contributed by atoms with Gasteiger partial charge in [0, 0.05) is 36.9 Å². The Labute approximate surface area is 160 Å². The molecule has 0 saturated carbocycles. The highest BCUT2D eigenvalue weighted by Gasteiger charge is 2.27. The number of amides is 1. The van der Waals surface area contributed by atoms with Crippen molar-refractivity contribution >= 4 is 11.6 Å². The Morgan fingerprint density at radius 3 is 2.00 bits per heavy atom. The fraction of sp³-hybridized carbons (Fsp3) is 0.208. The summed E-state index contributed by atoms with van der Waals surface area (Å²) in [6.07, 6.45) is 0. The molecule has 27 heavy (non-hydrogen) atoms. The Morgan fingerprint density at radius 1 is 0.778 bits per heavy atom. The van der Waals surface area contributed by atoms with Crippen LogP contribution < -0.4 is 4.90 Å². The summed E-state index contributed by atoms with van der Waals surface area (Å²) in [4.78, 5) is 17.3. The molecule has 1 fully saturated rings. The van der Waals surface area contributed by atoms with Crippen molar-refractivity contribution in [2.75, 3.05) is 24.5 Å². The van der Waals surface area contributed by atoms with Crippen LogP contribution in [0.1, 0.15) is 17.3 Å². The maximum atomic E-state index is 12.9. The van der Waals surface area contributed by atoms with Gasteiger partial charge in [0.25, 0.3) is 5.91 Å². The topological polar surface area (TPSA) is 23.6 Å². The summed E-state index contributed by atoms with van der Waals surface area (Å²) in [5.41, 5.74) is 4.29. The molecule has 0 aliphatic carbocycles. The number of hydrogen-bond donors (Lipinski definition) is 0. The van der Waals surface area contributed by atoms with E-state index in [9.17, 15) is 4.79 Å². The summed E-state index contributed by atoms with van der Waals surface area (Å²) >= 11 is 0. The van der Waals surface area contributed by atoms with Crippen molar-refractivity contribution in [2.24, 2.45) is 0 Å². The number of benzene rings is 3. The van der Waals surface area contributed by atoms with Crippen molar-refractivity contribution in [1.29, 1.82) is 0 Å². The molecule has 1 amide bonds. The highest BCUT2D eigenvalue weighted by Crippen LogP contribution is 2.23. The van der Waals surface area contributed by atoms with Gasteiger partial charge in [-0.25, -0.2) is 0 Å². The van der Waals surface area contributed by atoms with E-state index in [1.165, 1.54) is 11.3 Å². The van der Waals surface area contributed by atoms with E-state index in [-0.39, 0.29) is 5.91 Å². The van der Waals surface area contributed by atoms with Crippen molar-refractivity contribution in [3.05, 3.63) is 90.5 Å². The molecule has 0 bridgehead atoms. The zero-order valence-electron chi connectivity index (χ0n) is 15.6. The third-order valence-corrected chi connectivity index (χ3v) is 5.24. The Kier molecular flexibility index (Phi) is 4.93. The monoisotopic (exact) mass is 356 g/mol. The summed E-state index contributed by atoms with van der Waals surface area (Å²) < 4.78 is 0. The average molecular weight is 356 g/mol. The van der Waals surface area contributed by atoms with E-state index in [1.807, 2.05) is 53.4 Å². The lowest BCUT2D eigenvalue weighted by atomic mass is 10.0. The number of para-hydroxylation sites is 1. The van der Waals surface area contributed by atoms with Crippen molar-refractivity contribution in [2.45, 2.75) is 13.0 Å². The van der Waals surface area contributed by atoms with Crippen LogP contribution >= 0.6 is 0 Å². The third-order valence-electron chi connectivity index (χ3n) is 5.24. The quantitative estimate of drug-likeness (QED) is 0.679. The Hall–Kier alpha value is -3.07. The average Bonchev–Trinajstić information content (AvgIpc) is 2.74. The van der Waals surface area contributed by atoms with E-state index in [0.717, 1.165) is 30.8 Å². The van der Waals surface area contributed by atoms with Crippen molar-refractivity contribution < 1.29 is 4.79 Å². The first-order valence-electron chi connectivity index (χ1n) is 9.49. The lowest BCUT2D eigenvalue weighted by molar-refractivity contribution is 0.0726. The van der Waals surface area contributed by atoms with Crippen LogP contribution in [0.2, 0.25) is 0 Å². The summed E-state index contributed by atoms with van der Waals surface area (Å²) in [6, 6.07) is 28.9. The predicted octanol–water partition coefficient (Wildman–Crippen LogP) is 4.70. The van der Waals surface area contributed by atoms with Crippen molar-refractivity contribution in [3.8, 4) is 11.1 Å². The summed E-state index contributed by atoms with van der Waals surface area (Å²) in [5.74, 6) is 0.120. The standard InChI is InChI=1S/C24H24N2O/c1-19-18-25(16-17-26(19)23-10-6-3-7-11-23)24(27)22-14-12-21(13-15-22)20-8-4-2-5-9-20/h2-15,19H,16-18H2,1H3. The molecule has 1 unspecified atom stereocenters. The number of carbonyl (C=O) groups excluding carboxylic acids is 1. The van der Waals surface area contributed by atoms with Gasteiger partial charge in [0.15, 0.2) is 0 Å². The molecule has 1 aliphatic rings. The molecule has 3 nitrogen and oxygen atoms in total. The first-order valence-corrected chi connectivity index (χ1v) is 9.49. The first-order chi connectivity index (χ1) is 13.2. The van der Waals surface area contributed by atoms with E-state index in [0.29, 0.717) is 6.04 Å². The molecule has 4 rings (SSSR count). The Morgan fingerprint density at radius 2 is 1.37 bits per heavy atom. The van der Waals surface area contributed by atoms with E-state index >= 15 is 0 Å². The van der Waals surface area contributed by atoms with Gasteiger partial charge in [-0.15, -0.1) is 0 Å². The van der Waals surface area contributed by atoms with Crippen molar-refractivity contribution in [3.63, 3.8) is 0 Å². The maximum absolute atomic E-state index is 12.9. The lowest BCUT2D eigenvalue weighted by Gasteiger charge is -2.41.